The molecule has 4 aromatic rings. The molecule has 0 bridgehead atoms. The van der Waals surface area contributed by atoms with Crippen LogP contribution in [0.3, 0.4) is 0 Å². The Bertz CT molecular complexity index is 1220. The van der Waals surface area contributed by atoms with Crippen molar-refractivity contribution in [2.45, 2.75) is 6.92 Å². The van der Waals surface area contributed by atoms with Gasteiger partial charge in [0.15, 0.2) is 17.4 Å². The molecule has 3 nitrogen and oxygen atoms in total. The van der Waals surface area contributed by atoms with Crippen LogP contribution in [0, 0.1) is 11.6 Å². The van der Waals surface area contributed by atoms with E-state index < -0.39 is 11.6 Å². The number of nitrogens with zero attached hydrogens (tertiary/aromatic N) is 1. The third-order valence-corrected chi connectivity index (χ3v) is 4.50. The number of benzene rings is 3. The molecule has 4 rings (SSSR count). The Kier molecular flexibility index (Phi) is 4.57. The first-order chi connectivity index (χ1) is 13.5. The van der Waals surface area contributed by atoms with Gasteiger partial charge in [0.1, 0.15) is 5.82 Å². The van der Waals surface area contributed by atoms with Crippen molar-refractivity contribution in [1.82, 2.24) is 9.97 Å². The second-order valence-electron chi connectivity index (χ2n) is 6.46. The molecule has 1 N–H and O–H groups in total. The van der Waals surface area contributed by atoms with Gasteiger partial charge < -0.3 is 4.98 Å². The Morgan fingerprint density at radius 1 is 0.964 bits per heavy atom. The fraction of sp³-hybridized carbons (Fsp3) is 0.0435. The topological polar surface area (TPSA) is 45.8 Å². The number of carbonyl (C=O) groups excluding carboxylic acids is 1. The van der Waals surface area contributed by atoms with E-state index in [0.717, 1.165) is 34.3 Å². The zero-order valence-corrected chi connectivity index (χ0v) is 15.0. The molecule has 0 amide bonds. The number of aromatic nitrogens is 2. The van der Waals surface area contributed by atoms with E-state index in [1.165, 1.54) is 6.07 Å². The lowest BCUT2D eigenvalue weighted by molar-refractivity contribution is 0.101. The number of hydrogen-bond donors (Lipinski definition) is 1. The van der Waals surface area contributed by atoms with Gasteiger partial charge in [-0.15, -0.1) is 0 Å². The van der Waals surface area contributed by atoms with Crippen LogP contribution in [0.15, 0.2) is 60.7 Å². The molecule has 0 aliphatic carbocycles. The number of rotatable bonds is 4. The molecule has 0 unspecified atom stereocenters. The van der Waals surface area contributed by atoms with Crippen LogP contribution in [-0.4, -0.2) is 15.8 Å². The number of ketones is 1. The third-order valence-electron chi connectivity index (χ3n) is 4.50. The second kappa shape index (κ2) is 7.19. The predicted octanol–water partition coefficient (Wildman–Crippen LogP) is 5.88. The van der Waals surface area contributed by atoms with Crippen molar-refractivity contribution < 1.29 is 13.6 Å². The van der Waals surface area contributed by atoms with Gasteiger partial charge in [-0.25, -0.2) is 13.8 Å². The van der Waals surface area contributed by atoms with Crippen LogP contribution in [-0.2, 0) is 0 Å². The summed E-state index contributed by atoms with van der Waals surface area (Å²) in [7, 11) is 0. The maximum absolute atomic E-state index is 13.3. The van der Waals surface area contributed by atoms with Gasteiger partial charge in [-0.2, -0.15) is 0 Å². The van der Waals surface area contributed by atoms with Gasteiger partial charge in [-0.05, 0) is 54.0 Å². The van der Waals surface area contributed by atoms with Crippen LogP contribution in [0.2, 0.25) is 0 Å². The van der Waals surface area contributed by atoms with Crippen molar-refractivity contribution in [3.8, 4) is 11.1 Å². The Balaban J connectivity index is 1.68. The summed E-state index contributed by atoms with van der Waals surface area (Å²) >= 11 is 0. The molecule has 0 radical (unpaired) electrons. The van der Waals surface area contributed by atoms with Crippen molar-refractivity contribution in [3.05, 3.63) is 89.2 Å². The highest BCUT2D eigenvalue weighted by molar-refractivity contribution is 6.01. The molecular weight excluding hydrogens is 358 g/mol. The summed E-state index contributed by atoms with van der Waals surface area (Å²) < 4.78 is 26.3. The van der Waals surface area contributed by atoms with Gasteiger partial charge >= 0.3 is 0 Å². The van der Waals surface area contributed by atoms with E-state index in [2.05, 4.69) is 9.97 Å². The monoisotopic (exact) mass is 374 g/mol. The SMILES string of the molecule is CC(=O)c1ccccc1-c1ccc2[nH]c(C=Cc3ccc(F)c(F)c3)nc2c1. The van der Waals surface area contributed by atoms with Gasteiger partial charge in [-0.1, -0.05) is 42.5 Å². The Morgan fingerprint density at radius 3 is 2.57 bits per heavy atom. The molecule has 0 fully saturated rings. The average molecular weight is 374 g/mol. The van der Waals surface area contributed by atoms with Crippen LogP contribution < -0.4 is 0 Å². The number of hydrogen-bond acceptors (Lipinski definition) is 2. The number of fused-ring (bicyclic) bond motifs is 1. The largest absolute Gasteiger partial charge is 0.338 e. The van der Waals surface area contributed by atoms with E-state index in [1.54, 1.807) is 19.1 Å². The van der Waals surface area contributed by atoms with Crippen LogP contribution >= 0.6 is 0 Å². The molecule has 0 saturated heterocycles. The van der Waals surface area contributed by atoms with Crippen LogP contribution in [0.1, 0.15) is 28.7 Å². The lowest BCUT2D eigenvalue weighted by atomic mass is 9.97. The summed E-state index contributed by atoms with van der Waals surface area (Å²) in [5, 5.41) is 0. The summed E-state index contributed by atoms with van der Waals surface area (Å²) in [6.45, 7) is 1.55. The zero-order valence-electron chi connectivity index (χ0n) is 15.0. The van der Waals surface area contributed by atoms with Crippen LogP contribution in [0.5, 0.6) is 0 Å². The highest BCUT2D eigenvalue weighted by atomic mass is 19.2. The van der Waals surface area contributed by atoms with Crippen LogP contribution in [0.25, 0.3) is 34.3 Å². The number of imidazole rings is 1. The van der Waals surface area contributed by atoms with Gasteiger partial charge in [0.2, 0.25) is 0 Å². The number of H-pyrrole nitrogens is 1. The summed E-state index contributed by atoms with van der Waals surface area (Å²) in [5.41, 5.74) is 4.56. The Labute approximate surface area is 160 Å². The fourth-order valence-corrected chi connectivity index (χ4v) is 3.11. The molecular formula is C23H16F2N2O. The molecule has 0 aliphatic rings. The first-order valence-corrected chi connectivity index (χ1v) is 8.74. The first kappa shape index (κ1) is 17.8. The van der Waals surface area contributed by atoms with E-state index in [9.17, 15) is 13.6 Å². The predicted molar refractivity (Wildman–Crippen MR) is 107 cm³/mol. The third kappa shape index (κ3) is 3.47. The molecule has 0 saturated carbocycles. The minimum atomic E-state index is -0.888. The number of aromatic amines is 1. The lowest BCUT2D eigenvalue weighted by Crippen LogP contribution is -1.95. The maximum atomic E-state index is 13.3. The van der Waals surface area contributed by atoms with E-state index in [0.29, 0.717) is 17.0 Å². The van der Waals surface area contributed by atoms with Crippen molar-refractivity contribution in [2.75, 3.05) is 0 Å². The number of halogens is 2. The standard InChI is InChI=1S/C23H16F2N2O/c1-14(28)17-4-2-3-5-18(17)16-8-10-21-22(13-16)27-23(26-21)11-7-15-6-9-19(24)20(25)12-15/h2-13H,1H3,(H,26,27). The highest BCUT2D eigenvalue weighted by Crippen LogP contribution is 2.27. The highest BCUT2D eigenvalue weighted by Gasteiger charge is 2.10. The summed E-state index contributed by atoms with van der Waals surface area (Å²) in [5.74, 6) is -1.16. The van der Waals surface area contributed by atoms with Gasteiger partial charge in [0.05, 0.1) is 11.0 Å². The number of carbonyl (C=O) groups is 1. The normalized spacial score (nSPS) is 11.4. The van der Waals surface area contributed by atoms with E-state index in [-0.39, 0.29) is 5.78 Å². The molecule has 0 aliphatic heterocycles. The molecule has 0 spiro atoms. The average Bonchev–Trinajstić information content (AvgIpc) is 3.11. The van der Waals surface area contributed by atoms with E-state index in [4.69, 9.17) is 0 Å². The maximum Gasteiger partial charge on any atom is 0.160 e. The molecule has 5 heteroatoms. The molecule has 138 valence electrons. The van der Waals surface area contributed by atoms with E-state index in [1.807, 2.05) is 42.5 Å². The van der Waals surface area contributed by atoms with Gasteiger partial charge in [0.25, 0.3) is 0 Å². The molecule has 3 aromatic carbocycles. The smallest absolute Gasteiger partial charge is 0.160 e. The van der Waals surface area contributed by atoms with Crippen molar-refractivity contribution >= 4 is 29.0 Å². The Hall–Kier alpha value is -3.60. The first-order valence-electron chi connectivity index (χ1n) is 8.74. The fourth-order valence-electron chi connectivity index (χ4n) is 3.11. The van der Waals surface area contributed by atoms with Crippen molar-refractivity contribution in [3.63, 3.8) is 0 Å². The molecule has 1 aromatic heterocycles. The van der Waals surface area contributed by atoms with Crippen molar-refractivity contribution in [1.29, 1.82) is 0 Å². The summed E-state index contributed by atoms with van der Waals surface area (Å²) in [6, 6.07) is 16.9. The number of Topliss-reactive ketones (excluding diaryl/α,β-unsaturated/α-hetero) is 1. The lowest BCUT2D eigenvalue weighted by Gasteiger charge is -2.06. The summed E-state index contributed by atoms with van der Waals surface area (Å²) in [4.78, 5) is 19.6. The van der Waals surface area contributed by atoms with Crippen molar-refractivity contribution in [2.24, 2.45) is 0 Å². The second-order valence-corrected chi connectivity index (χ2v) is 6.46. The van der Waals surface area contributed by atoms with E-state index >= 15 is 0 Å². The number of nitrogens with one attached hydrogen (secondary N) is 1. The van der Waals surface area contributed by atoms with Gasteiger partial charge in [-0.3, -0.25) is 4.79 Å². The Morgan fingerprint density at radius 2 is 1.79 bits per heavy atom. The van der Waals surface area contributed by atoms with Gasteiger partial charge in [0, 0.05) is 5.56 Å². The zero-order chi connectivity index (χ0) is 19.7. The minimum absolute atomic E-state index is 0.00729. The quantitative estimate of drug-likeness (QED) is 0.453. The summed E-state index contributed by atoms with van der Waals surface area (Å²) in [6.07, 6.45) is 3.36. The molecule has 0 atom stereocenters. The molecule has 1 heterocycles. The van der Waals surface area contributed by atoms with Crippen LogP contribution in [0.4, 0.5) is 8.78 Å². The molecule has 28 heavy (non-hydrogen) atoms. The minimum Gasteiger partial charge on any atom is -0.338 e.